The van der Waals surface area contributed by atoms with Crippen molar-refractivity contribution in [2.75, 3.05) is 0 Å². The lowest BCUT2D eigenvalue weighted by Gasteiger charge is -2.04. The van der Waals surface area contributed by atoms with Crippen molar-refractivity contribution in [2.45, 2.75) is 13.8 Å². The number of benzene rings is 1. The fourth-order valence-electron chi connectivity index (χ4n) is 1.43. The molecule has 0 aliphatic rings. The summed E-state index contributed by atoms with van der Waals surface area (Å²) >= 11 is 5.04. The molecule has 0 saturated carbocycles. The van der Waals surface area contributed by atoms with Gasteiger partial charge in [-0.15, -0.1) is 0 Å². The van der Waals surface area contributed by atoms with Crippen LogP contribution in [-0.2, 0) is 0 Å². The Hall–Kier alpha value is -1.48. The third kappa shape index (κ3) is 2.13. The zero-order valence-corrected chi connectivity index (χ0v) is 9.56. The number of nitrogens with zero attached hydrogens (tertiary/aromatic N) is 1. The Morgan fingerprint density at radius 3 is 2.60 bits per heavy atom. The Balaban J connectivity index is 2.55. The predicted octanol–water partition coefficient (Wildman–Crippen LogP) is 3.42. The van der Waals surface area contributed by atoms with E-state index in [9.17, 15) is 0 Å². The van der Waals surface area contributed by atoms with Gasteiger partial charge in [0.2, 0.25) is 0 Å². The topological polar surface area (TPSA) is 28.7 Å². The second-order valence-electron chi connectivity index (χ2n) is 3.61. The Morgan fingerprint density at radius 1 is 1.13 bits per heavy atom. The molecule has 15 heavy (non-hydrogen) atoms. The molecule has 3 heteroatoms. The molecule has 1 N–H and O–H groups in total. The first-order valence-electron chi connectivity index (χ1n) is 4.79. The van der Waals surface area contributed by atoms with Crippen molar-refractivity contribution in [3.8, 4) is 11.3 Å². The Morgan fingerprint density at radius 2 is 1.93 bits per heavy atom. The monoisotopic (exact) mass is 216 g/mol. The van der Waals surface area contributed by atoms with Gasteiger partial charge in [0, 0.05) is 0 Å². The number of hydrogen-bond acceptors (Lipinski definition) is 2. The first kappa shape index (κ1) is 10.1. The lowest BCUT2D eigenvalue weighted by molar-refractivity contribution is 1.18. The average Bonchev–Trinajstić information content (AvgIpc) is 2.22. The van der Waals surface area contributed by atoms with E-state index in [1.165, 1.54) is 11.1 Å². The third-order valence-corrected chi connectivity index (χ3v) is 2.68. The smallest absolute Gasteiger partial charge is 0.122 e. The molecule has 1 aromatic carbocycles. The van der Waals surface area contributed by atoms with Crippen LogP contribution in [0.4, 0.5) is 0 Å². The maximum absolute atomic E-state index is 5.04. The van der Waals surface area contributed by atoms with Crippen molar-refractivity contribution >= 4 is 12.2 Å². The average molecular weight is 216 g/mol. The highest BCUT2D eigenvalue weighted by atomic mass is 32.1. The van der Waals surface area contributed by atoms with Gasteiger partial charge < -0.3 is 4.98 Å². The number of hydrogen-bond donors (Lipinski definition) is 1. The normalized spacial score (nSPS) is 10.3. The molecule has 2 aromatic rings. The summed E-state index contributed by atoms with van der Waals surface area (Å²) in [6.07, 6.45) is 3.43. The van der Waals surface area contributed by atoms with Crippen molar-refractivity contribution in [2.24, 2.45) is 0 Å². The highest BCUT2D eigenvalue weighted by molar-refractivity contribution is 7.71. The minimum Gasteiger partial charge on any atom is -0.344 e. The number of H-pyrrole nitrogens is 1. The SMILES string of the molecule is Cc1ccc(-c2cncc(=S)[nH]2)cc1C. The van der Waals surface area contributed by atoms with E-state index in [-0.39, 0.29) is 0 Å². The number of aryl methyl sites for hydroxylation is 2. The molecule has 2 nitrogen and oxygen atoms in total. The summed E-state index contributed by atoms with van der Waals surface area (Å²) in [6.45, 7) is 4.20. The minimum absolute atomic E-state index is 0.658. The van der Waals surface area contributed by atoms with Crippen molar-refractivity contribution in [1.82, 2.24) is 9.97 Å². The molecule has 0 fully saturated rings. The van der Waals surface area contributed by atoms with Crippen molar-refractivity contribution in [3.63, 3.8) is 0 Å². The van der Waals surface area contributed by atoms with Gasteiger partial charge in [-0.3, -0.25) is 4.98 Å². The first-order valence-corrected chi connectivity index (χ1v) is 5.19. The molecule has 0 aliphatic heterocycles. The highest BCUT2D eigenvalue weighted by Crippen LogP contribution is 2.19. The van der Waals surface area contributed by atoms with Crippen LogP contribution in [0.15, 0.2) is 30.6 Å². The van der Waals surface area contributed by atoms with E-state index in [4.69, 9.17) is 12.2 Å². The molecular weight excluding hydrogens is 204 g/mol. The molecule has 0 aliphatic carbocycles. The van der Waals surface area contributed by atoms with E-state index in [0.717, 1.165) is 11.3 Å². The van der Waals surface area contributed by atoms with Crippen LogP contribution in [0.25, 0.3) is 11.3 Å². The Kier molecular flexibility index (Phi) is 2.64. The van der Waals surface area contributed by atoms with Crippen molar-refractivity contribution in [3.05, 3.63) is 46.4 Å². The summed E-state index contributed by atoms with van der Waals surface area (Å²) in [5.74, 6) is 0. The van der Waals surface area contributed by atoms with Crippen LogP contribution in [0.3, 0.4) is 0 Å². The summed E-state index contributed by atoms with van der Waals surface area (Å²) in [7, 11) is 0. The van der Waals surface area contributed by atoms with Gasteiger partial charge in [0.15, 0.2) is 0 Å². The Labute approximate surface area is 94.0 Å². The fourth-order valence-corrected chi connectivity index (χ4v) is 1.60. The number of aromatic amines is 1. The number of nitrogens with one attached hydrogen (secondary N) is 1. The zero-order valence-electron chi connectivity index (χ0n) is 8.74. The maximum Gasteiger partial charge on any atom is 0.122 e. The maximum atomic E-state index is 5.04. The summed E-state index contributed by atoms with van der Waals surface area (Å²) in [5, 5.41) is 0. The quantitative estimate of drug-likeness (QED) is 0.740. The molecule has 0 radical (unpaired) electrons. The van der Waals surface area contributed by atoms with Gasteiger partial charge in [-0.05, 0) is 36.6 Å². The van der Waals surface area contributed by atoms with Crippen LogP contribution in [0.5, 0.6) is 0 Å². The summed E-state index contributed by atoms with van der Waals surface area (Å²) < 4.78 is 0.658. The van der Waals surface area contributed by atoms with E-state index in [1.807, 2.05) is 0 Å². The first-order chi connectivity index (χ1) is 7.16. The molecule has 0 atom stereocenters. The largest absolute Gasteiger partial charge is 0.344 e. The number of aromatic nitrogens is 2. The van der Waals surface area contributed by atoms with Crippen LogP contribution in [0, 0.1) is 18.5 Å². The molecule has 0 bridgehead atoms. The zero-order chi connectivity index (χ0) is 10.8. The second-order valence-corrected chi connectivity index (χ2v) is 4.05. The van der Waals surface area contributed by atoms with E-state index in [0.29, 0.717) is 4.64 Å². The molecule has 1 aromatic heterocycles. The van der Waals surface area contributed by atoms with Gasteiger partial charge >= 0.3 is 0 Å². The third-order valence-electron chi connectivity index (χ3n) is 2.47. The molecule has 2 rings (SSSR count). The van der Waals surface area contributed by atoms with E-state index >= 15 is 0 Å². The number of rotatable bonds is 1. The summed E-state index contributed by atoms with van der Waals surface area (Å²) in [4.78, 5) is 7.20. The molecular formula is C12H12N2S. The molecule has 0 amide bonds. The van der Waals surface area contributed by atoms with Gasteiger partial charge in [0.25, 0.3) is 0 Å². The van der Waals surface area contributed by atoms with Crippen LogP contribution >= 0.6 is 12.2 Å². The highest BCUT2D eigenvalue weighted by Gasteiger charge is 1.99. The molecule has 0 unspecified atom stereocenters. The van der Waals surface area contributed by atoms with Gasteiger partial charge in [-0.1, -0.05) is 24.4 Å². The molecule has 0 spiro atoms. The van der Waals surface area contributed by atoms with Gasteiger partial charge in [-0.25, -0.2) is 0 Å². The van der Waals surface area contributed by atoms with E-state index in [1.54, 1.807) is 12.4 Å². The summed E-state index contributed by atoms with van der Waals surface area (Å²) in [5.41, 5.74) is 4.65. The van der Waals surface area contributed by atoms with Crippen molar-refractivity contribution in [1.29, 1.82) is 0 Å². The minimum atomic E-state index is 0.658. The second kappa shape index (κ2) is 3.95. The molecule has 76 valence electrons. The molecule has 0 saturated heterocycles. The standard InChI is InChI=1S/C12H12N2S/c1-8-3-4-10(5-9(8)2)11-6-13-7-12(15)14-11/h3-7H,1-2H3,(H,14,15). The van der Waals surface area contributed by atoms with Crippen LogP contribution < -0.4 is 0 Å². The predicted molar refractivity (Wildman–Crippen MR) is 64.3 cm³/mol. The lowest BCUT2D eigenvalue weighted by Crippen LogP contribution is -1.88. The van der Waals surface area contributed by atoms with Gasteiger partial charge in [0.1, 0.15) is 4.64 Å². The fraction of sp³-hybridized carbons (Fsp3) is 0.167. The van der Waals surface area contributed by atoms with Crippen LogP contribution in [-0.4, -0.2) is 9.97 Å². The molecule has 1 heterocycles. The van der Waals surface area contributed by atoms with Crippen molar-refractivity contribution < 1.29 is 0 Å². The summed E-state index contributed by atoms with van der Waals surface area (Å²) in [6, 6.07) is 6.32. The Bertz CT molecular complexity index is 543. The van der Waals surface area contributed by atoms with E-state index < -0.39 is 0 Å². The van der Waals surface area contributed by atoms with E-state index in [2.05, 4.69) is 42.0 Å². The van der Waals surface area contributed by atoms with Gasteiger partial charge in [0.05, 0.1) is 18.1 Å². The van der Waals surface area contributed by atoms with Gasteiger partial charge in [-0.2, -0.15) is 0 Å². The van der Waals surface area contributed by atoms with Crippen LogP contribution in [0.1, 0.15) is 11.1 Å². The van der Waals surface area contributed by atoms with Crippen LogP contribution in [0.2, 0.25) is 0 Å². The lowest BCUT2D eigenvalue weighted by atomic mass is 10.0.